The number of carbonyl (C=O) groups is 1. The summed E-state index contributed by atoms with van der Waals surface area (Å²) in [5, 5.41) is 2.88. The number of methoxy groups -OCH3 is 2. The first-order chi connectivity index (χ1) is 12.6. The predicted octanol–water partition coefficient (Wildman–Crippen LogP) is 3.24. The van der Waals surface area contributed by atoms with Gasteiger partial charge in [0.05, 0.1) is 26.0 Å². The number of amides is 1. The fourth-order valence-electron chi connectivity index (χ4n) is 2.56. The van der Waals surface area contributed by atoms with Gasteiger partial charge in [-0.1, -0.05) is 6.07 Å². The first kappa shape index (κ1) is 17.5. The zero-order chi connectivity index (χ0) is 18.5. The average molecular weight is 353 g/mol. The van der Waals surface area contributed by atoms with E-state index in [2.05, 4.69) is 15.3 Å². The Labute approximate surface area is 151 Å². The summed E-state index contributed by atoms with van der Waals surface area (Å²) in [6, 6.07) is 10.5. The molecule has 1 aromatic carbocycles. The first-order valence-electron chi connectivity index (χ1n) is 8.01. The molecule has 7 heteroatoms. The largest absolute Gasteiger partial charge is 0.493 e. The Morgan fingerprint density at radius 3 is 2.62 bits per heavy atom. The molecule has 26 heavy (non-hydrogen) atoms. The van der Waals surface area contributed by atoms with Gasteiger partial charge in [0.1, 0.15) is 0 Å². The van der Waals surface area contributed by atoms with E-state index in [9.17, 15) is 4.79 Å². The molecule has 0 saturated carbocycles. The van der Waals surface area contributed by atoms with Crippen LogP contribution in [-0.2, 0) is 0 Å². The molecule has 0 saturated heterocycles. The molecule has 0 aliphatic heterocycles. The topological polar surface area (TPSA) is 86.5 Å². The molecule has 0 aliphatic carbocycles. The second-order valence-electron chi connectivity index (χ2n) is 5.55. The number of ether oxygens (including phenoxy) is 2. The van der Waals surface area contributed by atoms with Crippen molar-refractivity contribution in [3.63, 3.8) is 0 Å². The van der Waals surface area contributed by atoms with Crippen molar-refractivity contribution < 1.29 is 18.7 Å². The summed E-state index contributed by atoms with van der Waals surface area (Å²) in [5.41, 5.74) is 1.62. The molecule has 0 fully saturated rings. The number of hydrogen-bond acceptors (Lipinski definition) is 6. The Balaban J connectivity index is 1.85. The molecule has 2 aromatic heterocycles. The second kappa shape index (κ2) is 7.69. The van der Waals surface area contributed by atoms with Crippen LogP contribution in [0.4, 0.5) is 0 Å². The van der Waals surface area contributed by atoms with Crippen LogP contribution in [0.1, 0.15) is 29.1 Å². The molecule has 3 rings (SSSR count). The van der Waals surface area contributed by atoms with E-state index in [0.717, 1.165) is 5.69 Å². The van der Waals surface area contributed by atoms with E-state index in [1.165, 1.54) is 6.39 Å². The molecule has 134 valence electrons. The van der Waals surface area contributed by atoms with Crippen LogP contribution >= 0.6 is 0 Å². The van der Waals surface area contributed by atoms with Crippen LogP contribution in [0.2, 0.25) is 0 Å². The highest BCUT2D eigenvalue weighted by molar-refractivity contribution is 5.97. The summed E-state index contributed by atoms with van der Waals surface area (Å²) in [4.78, 5) is 21.0. The molecule has 2 heterocycles. The van der Waals surface area contributed by atoms with Crippen LogP contribution in [0.5, 0.6) is 11.5 Å². The minimum atomic E-state index is -0.346. The third-order valence-electron chi connectivity index (χ3n) is 3.91. The Kier molecular flexibility index (Phi) is 5.17. The molecule has 0 bridgehead atoms. The third kappa shape index (κ3) is 3.51. The Morgan fingerprint density at radius 1 is 1.12 bits per heavy atom. The van der Waals surface area contributed by atoms with E-state index in [0.29, 0.717) is 22.8 Å². The van der Waals surface area contributed by atoms with Crippen LogP contribution < -0.4 is 14.8 Å². The van der Waals surface area contributed by atoms with E-state index in [1.54, 1.807) is 38.6 Å². The zero-order valence-corrected chi connectivity index (χ0v) is 14.7. The van der Waals surface area contributed by atoms with Gasteiger partial charge in [-0.3, -0.25) is 9.78 Å². The maximum Gasteiger partial charge on any atom is 0.274 e. The SMILES string of the molecule is COc1ccc(-c2ocnc2C(=O)N[C@H](C)c2ccccn2)cc1OC. The van der Waals surface area contributed by atoms with Crippen molar-refractivity contribution >= 4 is 5.91 Å². The maximum atomic E-state index is 12.6. The fraction of sp³-hybridized carbons (Fsp3) is 0.211. The monoisotopic (exact) mass is 353 g/mol. The fourth-order valence-corrected chi connectivity index (χ4v) is 2.56. The van der Waals surface area contributed by atoms with Crippen molar-refractivity contribution in [2.24, 2.45) is 0 Å². The van der Waals surface area contributed by atoms with Gasteiger partial charge in [0.2, 0.25) is 0 Å². The highest BCUT2D eigenvalue weighted by Gasteiger charge is 2.21. The summed E-state index contributed by atoms with van der Waals surface area (Å²) >= 11 is 0. The molecular weight excluding hydrogens is 334 g/mol. The summed E-state index contributed by atoms with van der Waals surface area (Å²) in [5.74, 6) is 1.14. The first-order valence-corrected chi connectivity index (χ1v) is 8.01. The van der Waals surface area contributed by atoms with Gasteiger partial charge in [0.25, 0.3) is 5.91 Å². The van der Waals surface area contributed by atoms with E-state index in [4.69, 9.17) is 13.9 Å². The van der Waals surface area contributed by atoms with E-state index in [-0.39, 0.29) is 17.6 Å². The minimum absolute atomic E-state index is 0.194. The van der Waals surface area contributed by atoms with Crippen molar-refractivity contribution in [1.29, 1.82) is 0 Å². The minimum Gasteiger partial charge on any atom is -0.493 e. The molecule has 1 N–H and O–H groups in total. The Morgan fingerprint density at radius 2 is 1.92 bits per heavy atom. The lowest BCUT2D eigenvalue weighted by Crippen LogP contribution is -2.27. The Bertz CT molecular complexity index is 893. The molecule has 0 spiro atoms. The number of aromatic nitrogens is 2. The summed E-state index contributed by atoms with van der Waals surface area (Å²) < 4.78 is 16.0. The normalized spacial score (nSPS) is 11.7. The van der Waals surface area contributed by atoms with Gasteiger partial charge in [-0.15, -0.1) is 0 Å². The van der Waals surface area contributed by atoms with Gasteiger partial charge in [-0.05, 0) is 37.3 Å². The van der Waals surface area contributed by atoms with Crippen LogP contribution in [-0.4, -0.2) is 30.1 Å². The molecule has 1 amide bonds. The molecule has 0 aliphatic rings. The molecule has 3 aromatic rings. The maximum absolute atomic E-state index is 12.6. The molecule has 0 radical (unpaired) electrons. The van der Waals surface area contributed by atoms with Crippen molar-refractivity contribution in [2.75, 3.05) is 14.2 Å². The molecule has 0 unspecified atom stereocenters. The van der Waals surface area contributed by atoms with E-state index < -0.39 is 0 Å². The van der Waals surface area contributed by atoms with Crippen LogP contribution in [0, 0.1) is 0 Å². The van der Waals surface area contributed by atoms with Crippen molar-refractivity contribution in [3.05, 3.63) is 60.4 Å². The van der Waals surface area contributed by atoms with Crippen molar-refractivity contribution in [2.45, 2.75) is 13.0 Å². The summed E-state index contributed by atoms with van der Waals surface area (Å²) in [6.45, 7) is 1.86. The highest BCUT2D eigenvalue weighted by atomic mass is 16.5. The van der Waals surface area contributed by atoms with Crippen LogP contribution in [0.25, 0.3) is 11.3 Å². The summed E-state index contributed by atoms with van der Waals surface area (Å²) in [6.07, 6.45) is 2.93. The van der Waals surface area contributed by atoms with Crippen molar-refractivity contribution in [3.8, 4) is 22.8 Å². The number of oxazole rings is 1. The number of benzene rings is 1. The number of nitrogens with zero attached hydrogens (tertiary/aromatic N) is 2. The second-order valence-corrected chi connectivity index (χ2v) is 5.55. The lowest BCUT2D eigenvalue weighted by Gasteiger charge is -2.13. The summed E-state index contributed by atoms with van der Waals surface area (Å²) in [7, 11) is 3.11. The highest BCUT2D eigenvalue weighted by Crippen LogP contribution is 2.33. The number of carbonyl (C=O) groups excluding carboxylic acids is 1. The van der Waals surface area contributed by atoms with Gasteiger partial charge >= 0.3 is 0 Å². The number of rotatable bonds is 6. The third-order valence-corrected chi connectivity index (χ3v) is 3.91. The standard InChI is InChI=1S/C19H19N3O4/c1-12(14-6-4-5-9-20-14)22-19(23)17-18(26-11-21-17)13-7-8-15(24-2)16(10-13)25-3/h4-12H,1-3H3,(H,22,23)/t12-/m1/s1. The lowest BCUT2D eigenvalue weighted by atomic mass is 10.1. The average Bonchev–Trinajstić information content (AvgIpc) is 3.18. The van der Waals surface area contributed by atoms with Gasteiger partial charge in [0.15, 0.2) is 29.3 Å². The smallest absolute Gasteiger partial charge is 0.274 e. The van der Waals surface area contributed by atoms with Crippen LogP contribution in [0.3, 0.4) is 0 Å². The van der Waals surface area contributed by atoms with Crippen molar-refractivity contribution in [1.82, 2.24) is 15.3 Å². The molecule has 7 nitrogen and oxygen atoms in total. The molecule has 1 atom stereocenters. The van der Waals surface area contributed by atoms with Gasteiger partial charge in [-0.25, -0.2) is 4.98 Å². The molecular formula is C19H19N3O4. The van der Waals surface area contributed by atoms with E-state index in [1.807, 2.05) is 25.1 Å². The number of nitrogens with one attached hydrogen (secondary N) is 1. The van der Waals surface area contributed by atoms with Gasteiger partial charge in [-0.2, -0.15) is 0 Å². The quantitative estimate of drug-likeness (QED) is 0.732. The number of pyridine rings is 1. The number of hydrogen-bond donors (Lipinski definition) is 1. The van der Waals surface area contributed by atoms with Gasteiger partial charge < -0.3 is 19.2 Å². The van der Waals surface area contributed by atoms with Gasteiger partial charge in [0, 0.05) is 11.8 Å². The lowest BCUT2D eigenvalue weighted by molar-refractivity contribution is 0.0935. The van der Waals surface area contributed by atoms with E-state index >= 15 is 0 Å². The zero-order valence-electron chi connectivity index (χ0n) is 14.7. The Hall–Kier alpha value is -3.35. The predicted molar refractivity (Wildman–Crippen MR) is 95.2 cm³/mol. The van der Waals surface area contributed by atoms with Crippen LogP contribution in [0.15, 0.2) is 53.4 Å².